The van der Waals surface area contributed by atoms with Crippen molar-refractivity contribution in [3.05, 3.63) is 22.4 Å². The van der Waals surface area contributed by atoms with Gasteiger partial charge in [-0.05, 0) is 42.8 Å². The Morgan fingerprint density at radius 1 is 1.35 bits per heavy atom. The molecule has 1 aromatic rings. The average Bonchev–Trinajstić information content (AvgIpc) is 2.84. The van der Waals surface area contributed by atoms with E-state index in [1.54, 1.807) is 16.8 Å². The maximum atomic E-state index is 12.8. The molecule has 0 aliphatic rings. The normalized spacial score (nSPS) is 12.1. The van der Waals surface area contributed by atoms with E-state index in [1.807, 2.05) is 13.8 Å². The summed E-state index contributed by atoms with van der Waals surface area (Å²) in [5.74, 6) is -1.71. The molecule has 1 atom stereocenters. The Balaban J connectivity index is 3.07. The number of carbonyl (C=O) groups excluding carboxylic acids is 2. The maximum absolute atomic E-state index is 12.8. The molecule has 0 spiro atoms. The van der Waals surface area contributed by atoms with Crippen LogP contribution < -0.4 is 5.32 Å². The summed E-state index contributed by atoms with van der Waals surface area (Å²) in [7, 11) is 0. The first-order valence-electron chi connectivity index (χ1n) is 7.30. The van der Waals surface area contributed by atoms with Gasteiger partial charge in [0.2, 0.25) is 5.91 Å². The average molecular weight is 388 g/mol. The fourth-order valence-corrected chi connectivity index (χ4v) is 2.59. The van der Waals surface area contributed by atoms with Gasteiger partial charge in [-0.15, -0.1) is 0 Å². The smallest absolute Gasteiger partial charge is 0.326 e. The van der Waals surface area contributed by atoms with Crippen LogP contribution >= 0.6 is 15.9 Å². The Bertz CT molecular complexity index is 598. The van der Waals surface area contributed by atoms with Crippen molar-refractivity contribution < 1.29 is 19.5 Å². The zero-order chi connectivity index (χ0) is 17.7. The van der Waals surface area contributed by atoms with Crippen molar-refractivity contribution in [1.29, 1.82) is 0 Å². The summed E-state index contributed by atoms with van der Waals surface area (Å²) in [6, 6.07) is 0.727. The second kappa shape index (κ2) is 8.14. The molecular weight excluding hydrogens is 366 g/mol. The van der Waals surface area contributed by atoms with Crippen molar-refractivity contribution in [2.24, 2.45) is 0 Å². The lowest BCUT2D eigenvalue weighted by Crippen LogP contribution is -2.47. The van der Waals surface area contributed by atoms with Crippen LogP contribution in [0.1, 0.15) is 44.2 Å². The Labute approximate surface area is 143 Å². The molecule has 1 aromatic heterocycles. The van der Waals surface area contributed by atoms with Crippen LogP contribution in [-0.2, 0) is 9.59 Å². The number of rotatable bonds is 7. The number of aromatic nitrogens is 1. The van der Waals surface area contributed by atoms with Gasteiger partial charge in [0.15, 0.2) is 0 Å². The lowest BCUT2D eigenvalue weighted by molar-refractivity contribution is -0.141. The van der Waals surface area contributed by atoms with Crippen molar-refractivity contribution >= 4 is 33.7 Å². The van der Waals surface area contributed by atoms with Crippen LogP contribution in [0.3, 0.4) is 0 Å². The summed E-state index contributed by atoms with van der Waals surface area (Å²) in [4.78, 5) is 36.3. The molecule has 0 fully saturated rings. The van der Waals surface area contributed by atoms with Gasteiger partial charge in [-0.25, -0.2) is 4.79 Å². The van der Waals surface area contributed by atoms with E-state index in [4.69, 9.17) is 0 Å². The quantitative estimate of drug-likeness (QED) is 0.746. The number of aliphatic carboxylic acids is 1. The summed E-state index contributed by atoms with van der Waals surface area (Å²) in [5, 5.41) is 11.8. The van der Waals surface area contributed by atoms with Crippen molar-refractivity contribution in [2.75, 3.05) is 13.1 Å². The molecule has 1 heterocycles. The summed E-state index contributed by atoms with van der Waals surface area (Å²) >= 11 is 3.34. The van der Waals surface area contributed by atoms with E-state index in [-0.39, 0.29) is 30.9 Å². The Morgan fingerprint density at radius 3 is 2.43 bits per heavy atom. The molecule has 23 heavy (non-hydrogen) atoms. The maximum Gasteiger partial charge on any atom is 0.326 e. The molecule has 2 amide bonds. The van der Waals surface area contributed by atoms with Crippen LogP contribution in [0.15, 0.2) is 16.7 Å². The van der Waals surface area contributed by atoms with Gasteiger partial charge < -0.3 is 19.9 Å². The minimum Gasteiger partial charge on any atom is -0.480 e. The number of carboxylic acid groups (broad SMARTS) is 1. The predicted octanol–water partition coefficient (Wildman–Crippen LogP) is 1.88. The van der Waals surface area contributed by atoms with E-state index in [0.717, 1.165) is 4.47 Å². The molecule has 8 heteroatoms. The standard InChI is InChI=1S/C15H22BrN3O4/c1-9(2)19-8-12(16)7-13(19)14(21)18(10(3)15(22)23)6-5-17-11(4)20/h7-10H,5-6H2,1-4H3,(H,17,20)(H,22,23). The van der Waals surface area contributed by atoms with Gasteiger partial charge >= 0.3 is 5.97 Å². The van der Waals surface area contributed by atoms with E-state index in [0.29, 0.717) is 5.69 Å². The Morgan fingerprint density at radius 2 is 1.96 bits per heavy atom. The molecule has 0 aliphatic carbocycles. The zero-order valence-corrected chi connectivity index (χ0v) is 15.3. The molecule has 128 valence electrons. The highest BCUT2D eigenvalue weighted by Gasteiger charge is 2.28. The van der Waals surface area contributed by atoms with E-state index in [1.165, 1.54) is 18.7 Å². The lowest BCUT2D eigenvalue weighted by atomic mass is 10.2. The van der Waals surface area contributed by atoms with Crippen LogP contribution in [0, 0.1) is 0 Å². The fraction of sp³-hybridized carbons (Fsp3) is 0.533. The van der Waals surface area contributed by atoms with Crippen LogP contribution in [0.25, 0.3) is 0 Å². The highest BCUT2D eigenvalue weighted by molar-refractivity contribution is 9.10. The molecule has 2 N–H and O–H groups in total. The molecule has 0 bridgehead atoms. The summed E-state index contributed by atoms with van der Waals surface area (Å²) < 4.78 is 2.53. The van der Waals surface area contributed by atoms with Gasteiger partial charge in [-0.1, -0.05) is 0 Å². The van der Waals surface area contributed by atoms with Crippen LogP contribution in [0.5, 0.6) is 0 Å². The number of amides is 2. The van der Waals surface area contributed by atoms with E-state index < -0.39 is 12.0 Å². The Kier molecular flexibility index (Phi) is 6.80. The molecular formula is C15H22BrN3O4. The van der Waals surface area contributed by atoms with Crippen LogP contribution in [0.4, 0.5) is 0 Å². The molecule has 1 unspecified atom stereocenters. The van der Waals surface area contributed by atoms with Crippen molar-refractivity contribution in [3.63, 3.8) is 0 Å². The van der Waals surface area contributed by atoms with Gasteiger partial charge in [-0.2, -0.15) is 0 Å². The molecule has 0 aromatic carbocycles. The van der Waals surface area contributed by atoms with E-state index in [9.17, 15) is 19.5 Å². The highest BCUT2D eigenvalue weighted by Crippen LogP contribution is 2.21. The number of carboxylic acids is 1. The third-order valence-corrected chi connectivity index (χ3v) is 3.84. The first-order valence-corrected chi connectivity index (χ1v) is 8.10. The number of hydrogen-bond acceptors (Lipinski definition) is 3. The fourth-order valence-electron chi connectivity index (χ4n) is 2.15. The largest absolute Gasteiger partial charge is 0.480 e. The van der Waals surface area contributed by atoms with Gasteiger partial charge in [0.05, 0.1) is 0 Å². The second-order valence-electron chi connectivity index (χ2n) is 5.54. The van der Waals surface area contributed by atoms with Gasteiger partial charge in [-0.3, -0.25) is 9.59 Å². The topological polar surface area (TPSA) is 91.6 Å². The lowest BCUT2D eigenvalue weighted by Gasteiger charge is -2.27. The number of halogens is 1. The SMILES string of the molecule is CC(=O)NCCN(C(=O)c1cc(Br)cn1C(C)C)C(C)C(=O)O. The minimum absolute atomic E-state index is 0.0533. The second-order valence-corrected chi connectivity index (χ2v) is 6.46. The Hall–Kier alpha value is -1.83. The summed E-state index contributed by atoms with van der Waals surface area (Å²) in [6.45, 7) is 7.01. The third kappa shape index (κ3) is 5.09. The van der Waals surface area contributed by atoms with E-state index in [2.05, 4.69) is 21.2 Å². The molecule has 0 radical (unpaired) electrons. The predicted molar refractivity (Wildman–Crippen MR) is 89.3 cm³/mol. The number of nitrogens with one attached hydrogen (secondary N) is 1. The number of nitrogens with zero attached hydrogens (tertiary/aromatic N) is 2. The van der Waals surface area contributed by atoms with Gasteiger partial charge in [0, 0.05) is 36.7 Å². The third-order valence-electron chi connectivity index (χ3n) is 3.40. The minimum atomic E-state index is -1.09. The molecule has 1 rings (SSSR count). The van der Waals surface area contributed by atoms with Crippen molar-refractivity contribution in [1.82, 2.24) is 14.8 Å². The number of carbonyl (C=O) groups is 3. The first-order chi connectivity index (χ1) is 10.6. The van der Waals surface area contributed by atoms with Crippen molar-refractivity contribution in [3.8, 4) is 0 Å². The monoisotopic (exact) mass is 387 g/mol. The number of hydrogen-bond donors (Lipinski definition) is 2. The highest BCUT2D eigenvalue weighted by atomic mass is 79.9. The molecule has 0 aliphatic heterocycles. The van der Waals surface area contributed by atoms with Gasteiger partial charge in [0.25, 0.3) is 5.91 Å². The molecule has 0 saturated carbocycles. The van der Waals surface area contributed by atoms with Crippen LogP contribution in [-0.4, -0.2) is 51.5 Å². The van der Waals surface area contributed by atoms with Gasteiger partial charge in [0.1, 0.15) is 11.7 Å². The molecule has 0 saturated heterocycles. The summed E-state index contributed by atoms with van der Waals surface area (Å²) in [6.07, 6.45) is 1.79. The first kappa shape index (κ1) is 19.2. The zero-order valence-electron chi connectivity index (χ0n) is 13.7. The van der Waals surface area contributed by atoms with E-state index >= 15 is 0 Å². The summed E-state index contributed by atoms with van der Waals surface area (Å²) in [5.41, 5.74) is 0.405. The van der Waals surface area contributed by atoms with Crippen LogP contribution in [0.2, 0.25) is 0 Å². The van der Waals surface area contributed by atoms with Crippen molar-refractivity contribution in [2.45, 2.75) is 39.8 Å². The molecule has 7 nitrogen and oxygen atoms in total.